The van der Waals surface area contributed by atoms with Gasteiger partial charge >= 0.3 is 5.97 Å². The molecule has 2 fully saturated rings. The number of hydrogen-bond donors (Lipinski definition) is 2. The van der Waals surface area contributed by atoms with E-state index in [-0.39, 0.29) is 12.8 Å². The Kier molecular flexibility index (Phi) is 2.96. The molecule has 98 valence electrons. The summed E-state index contributed by atoms with van der Waals surface area (Å²) in [5.74, 6) is -0.523. The summed E-state index contributed by atoms with van der Waals surface area (Å²) in [6.45, 7) is 3.21. The molecule has 4 unspecified atom stereocenters. The molecule has 2 rings (SSSR count). The van der Waals surface area contributed by atoms with Crippen LogP contribution in [-0.2, 0) is 9.53 Å². The van der Waals surface area contributed by atoms with Crippen LogP contribution in [0.5, 0.6) is 0 Å². The molecule has 4 nitrogen and oxygen atoms in total. The van der Waals surface area contributed by atoms with Gasteiger partial charge in [0.1, 0.15) is 16.6 Å². The summed E-state index contributed by atoms with van der Waals surface area (Å²) in [5.41, 5.74) is -3.03. The molecule has 0 aromatic carbocycles. The number of alkyl halides is 1. The number of esters is 1. The zero-order chi connectivity index (χ0) is 12.9. The lowest BCUT2D eigenvalue weighted by Crippen LogP contribution is -2.49. The fourth-order valence-electron chi connectivity index (χ4n) is 3.39. The number of rotatable bonds is 2. The van der Waals surface area contributed by atoms with E-state index in [0.717, 1.165) is 6.42 Å². The van der Waals surface area contributed by atoms with Crippen molar-refractivity contribution in [3.8, 4) is 0 Å². The van der Waals surface area contributed by atoms with Crippen molar-refractivity contribution in [3.05, 3.63) is 0 Å². The molecular weight excluding hydrogens is 244 g/mol. The van der Waals surface area contributed by atoms with Gasteiger partial charge in [0.25, 0.3) is 0 Å². The Hall–Kier alpha value is -0.320. The number of ether oxygens (including phenoxy) is 1. The predicted molar refractivity (Wildman–Crippen MR) is 62.8 cm³/mol. The van der Waals surface area contributed by atoms with E-state index in [1.54, 1.807) is 13.8 Å². The minimum atomic E-state index is -1.10. The second-order valence-corrected chi connectivity index (χ2v) is 6.42. The fraction of sp³-hybridized carbons (Fsp3) is 0.917. The van der Waals surface area contributed by atoms with Crippen LogP contribution in [0.2, 0.25) is 0 Å². The first-order valence-corrected chi connectivity index (χ1v) is 6.45. The maximum Gasteiger partial charge on any atom is 0.324 e. The summed E-state index contributed by atoms with van der Waals surface area (Å²) >= 11 is 5.69. The molecular formula is C12H19ClO4. The summed E-state index contributed by atoms with van der Waals surface area (Å²) in [6.07, 6.45) is 2.49. The van der Waals surface area contributed by atoms with Gasteiger partial charge in [0, 0.05) is 12.8 Å². The quantitative estimate of drug-likeness (QED) is 0.582. The Bertz CT molecular complexity index is 341. The van der Waals surface area contributed by atoms with Crippen LogP contribution in [0.15, 0.2) is 0 Å². The lowest BCUT2D eigenvalue weighted by molar-refractivity contribution is -0.180. The Balaban J connectivity index is 2.25. The van der Waals surface area contributed by atoms with Crippen molar-refractivity contribution in [2.45, 2.75) is 68.1 Å². The highest BCUT2D eigenvalue weighted by Crippen LogP contribution is 2.56. The standard InChI is InChI=1S/C12H19ClO4/c1-8(13)9(14)17-12-5-3-4-11(12,16)6-10(2,15)7-12/h8,15-16H,3-7H2,1-2H3. The molecule has 0 aliphatic heterocycles. The van der Waals surface area contributed by atoms with Gasteiger partial charge in [-0.1, -0.05) is 0 Å². The zero-order valence-electron chi connectivity index (χ0n) is 10.2. The van der Waals surface area contributed by atoms with Gasteiger partial charge in [-0.25, -0.2) is 0 Å². The molecule has 0 spiro atoms. The lowest BCUT2D eigenvalue weighted by atomic mass is 9.89. The first kappa shape index (κ1) is 13.1. The Labute approximate surface area is 106 Å². The van der Waals surface area contributed by atoms with Gasteiger partial charge in [-0.05, 0) is 33.1 Å². The second-order valence-electron chi connectivity index (χ2n) is 5.77. The fourth-order valence-corrected chi connectivity index (χ4v) is 3.44. The van der Waals surface area contributed by atoms with Crippen LogP contribution in [0.1, 0.15) is 46.0 Å². The second kappa shape index (κ2) is 3.84. The minimum absolute atomic E-state index is 0.254. The predicted octanol–water partition coefficient (Wildman–Crippen LogP) is 1.36. The van der Waals surface area contributed by atoms with Gasteiger partial charge < -0.3 is 14.9 Å². The molecule has 0 bridgehead atoms. The summed E-state index contributed by atoms with van der Waals surface area (Å²) < 4.78 is 5.44. The summed E-state index contributed by atoms with van der Waals surface area (Å²) in [6, 6.07) is 0. The number of fused-ring (bicyclic) bond motifs is 1. The van der Waals surface area contributed by atoms with Crippen molar-refractivity contribution >= 4 is 17.6 Å². The Morgan fingerprint density at radius 3 is 2.59 bits per heavy atom. The summed E-state index contributed by atoms with van der Waals surface area (Å²) in [5, 5.41) is 19.9. The molecule has 2 N–H and O–H groups in total. The lowest BCUT2D eigenvalue weighted by Gasteiger charge is -2.35. The van der Waals surface area contributed by atoms with E-state index in [2.05, 4.69) is 0 Å². The van der Waals surface area contributed by atoms with Crippen molar-refractivity contribution in [3.63, 3.8) is 0 Å². The molecule has 0 saturated heterocycles. The van der Waals surface area contributed by atoms with E-state index in [9.17, 15) is 15.0 Å². The molecule has 17 heavy (non-hydrogen) atoms. The van der Waals surface area contributed by atoms with Crippen molar-refractivity contribution in [1.29, 1.82) is 0 Å². The third kappa shape index (κ3) is 2.07. The first-order chi connectivity index (χ1) is 7.70. The van der Waals surface area contributed by atoms with Crippen LogP contribution in [0.4, 0.5) is 0 Å². The molecule has 2 aliphatic rings. The number of halogens is 1. The van der Waals surface area contributed by atoms with E-state index in [1.165, 1.54) is 0 Å². The molecule has 0 heterocycles. The Morgan fingerprint density at radius 1 is 1.35 bits per heavy atom. The van der Waals surface area contributed by atoms with Crippen molar-refractivity contribution in [2.24, 2.45) is 0 Å². The van der Waals surface area contributed by atoms with Crippen molar-refractivity contribution < 1.29 is 19.7 Å². The van der Waals surface area contributed by atoms with Crippen LogP contribution < -0.4 is 0 Å². The van der Waals surface area contributed by atoms with E-state index in [1.807, 2.05) is 0 Å². The molecule has 5 heteroatoms. The average molecular weight is 263 g/mol. The third-order valence-corrected chi connectivity index (χ3v) is 4.16. The van der Waals surface area contributed by atoms with Crippen LogP contribution in [0.25, 0.3) is 0 Å². The largest absolute Gasteiger partial charge is 0.455 e. The van der Waals surface area contributed by atoms with Gasteiger partial charge in [0.2, 0.25) is 0 Å². The SMILES string of the molecule is CC(Cl)C(=O)OC12CCCC1(O)CC(C)(O)C2. The van der Waals surface area contributed by atoms with E-state index in [4.69, 9.17) is 16.3 Å². The number of carbonyl (C=O) groups excluding carboxylic acids is 1. The normalized spacial score (nSPS) is 46.6. The van der Waals surface area contributed by atoms with Gasteiger partial charge in [0.05, 0.1) is 5.60 Å². The van der Waals surface area contributed by atoms with Crippen molar-refractivity contribution in [2.75, 3.05) is 0 Å². The number of carbonyl (C=O) groups is 1. The molecule has 2 saturated carbocycles. The smallest absolute Gasteiger partial charge is 0.324 e. The molecule has 0 radical (unpaired) electrons. The number of aliphatic hydroxyl groups is 2. The van der Waals surface area contributed by atoms with Crippen LogP contribution >= 0.6 is 11.6 Å². The average Bonchev–Trinajstić information content (AvgIpc) is 2.49. The first-order valence-electron chi connectivity index (χ1n) is 6.02. The van der Waals surface area contributed by atoms with Crippen molar-refractivity contribution in [1.82, 2.24) is 0 Å². The van der Waals surface area contributed by atoms with E-state index >= 15 is 0 Å². The summed E-state index contributed by atoms with van der Waals surface area (Å²) in [4.78, 5) is 11.6. The van der Waals surface area contributed by atoms with Gasteiger partial charge in [-0.3, -0.25) is 4.79 Å². The maximum absolute atomic E-state index is 11.6. The topological polar surface area (TPSA) is 66.8 Å². The molecule has 2 aliphatic carbocycles. The molecule has 0 aromatic rings. The molecule has 4 atom stereocenters. The van der Waals surface area contributed by atoms with Crippen LogP contribution in [0, 0.1) is 0 Å². The highest BCUT2D eigenvalue weighted by atomic mass is 35.5. The minimum Gasteiger partial charge on any atom is -0.455 e. The highest BCUT2D eigenvalue weighted by molar-refractivity contribution is 6.29. The third-order valence-electron chi connectivity index (χ3n) is 3.98. The monoisotopic (exact) mass is 262 g/mol. The van der Waals surface area contributed by atoms with Crippen LogP contribution in [0.3, 0.4) is 0 Å². The van der Waals surface area contributed by atoms with Gasteiger partial charge in [-0.15, -0.1) is 11.6 Å². The zero-order valence-corrected chi connectivity index (χ0v) is 11.0. The number of hydrogen-bond acceptors (Lipinski definition) is 4. The summed E-state index contributed by atoms with van der Waals surface area (Å²) in [7, 11) is 0. The highest BCUT2D eigenvalue weighted by Gasteiger charge is 2.66. The molecule has 0 amide bonds. The molecule has 0 aromatic heterocycles. The Morgan fingerprint density at radius 2 is 2.00 bits per heavy atom. The maximum atomic E-state index is 11.6. The van der Waals surface area contributed by atoms with Crippen LogP contribution in [-0.4, -0.2) is 38.4 Å². The van der Waals surface area contributed by atoms with Gasteiger partial charge in [0.15, 0.2) is 0 Å². The van der Waals surface area contributed by atoms with Gasteiger partial charge in [-0.2, -0.15) is 0 Å². The van der Waals surface area contributed by atoms with E-state index < -0.39 is 28.1 Å². The van der Waals surface area contributed by atoms with E-state index in [0.29, 0.717) is 12.8 Å².